The van der Waals surface area contributed by atoms with E-state index in [0.717, 1.165) is 21.3 Å². The molecule has 1 aliphatic rings. The topological polar surface area (TPSA) is 23.6 Å². The van der Waals surface area contributed by atoms with E-state index in [0.29, 0.717) is 13.1 Å². The molecule has 1 fully saturated rings. The summed E-state index contributed by atoms with van der Waals surface area (Å²) in [6.45, 7) is 6.58. The highest BCUT2D eigenvalue weighted by molar-refractivity contribution is 7.16. The molecule has 1 aromatic carbocycles. The van der Waals surface area contributed by atoms with Crippen LogP contribution in [0.25, 0.3) is 0 Å². The molecule has 1 amide bonds. The Kier molecular flexibility index (Phi) is 5.93. The van der Waals surface area contributed by atoms with E-state index in [1.165, 1.54) is 42.8 Å². The summed E-state index contributed by atoms with van der Waals surface area (Å²) in [5, 5.41) is 0. The van der Waals surface area contributed by atoms with E-state index in [1.54, 1.807) is 0 Å². The standard InChI is InChI=1S/C19H23ClN2OS/c1-2-22(14-17-8-9-18(20)24-17)19(23)16-7-5-6-15(12-16)13-21-10-3-4-11-21/h5-9,12H,2-4,10-11,13-14H2,1H3. The van der Waals surface area contributed by atoms with Crippen LogP contribution in [0.2, 0.25) is 4.34 Å². The van der Waals surface area contributed by atoms with Gasteiger partial charge in [-0.1, -0.05) is 23.7 Å². The molecular weight excluding hydrogens is 340 g/mol. The average molecular weight is 363 g/mol. The summed E-state index contributed by atoms with van der Waals surface area (Å²) in [5.41, 5.74) is 1.99. The number of rotatable bonds is 6. The van der Waals surface area contributed by atoms with Gasteiger partial charge in [-0.3, -0.25) is 9.69 Å². The van der Waals surface area contributed by atoms with E-state index < -0.39 is 0 Å². The minimum absolute atomic E-state index is 0.0882. The minimum atomic E-state index is 0.0882. The van der Waals surface area contributed by atoms with Crippen molar-refractivity contribution in [2.75, 3.05) is 19.6 Å². The quantitative estimate of drug-likeness (QED) is 0.746. The monoisotopic (exact) mass is 362 g/mol. The van der Waals surface area contributed by atoms with Crippen LogP contribution >= 0.6 is 22.9 Å². The summed E-state index contributed by atoms with van der Waals surface area (Å²) in [6, 6.07) is 12.0. The third-order valence-corrected chi connectivity index (χ3v) is 5.64. The van der Waals surface area contributed by atoms with Gasteiger partial charge in [-0.05, 0) is 62.7 Å². The van der Waals surface area contributed by atoms with Gasteiger partial charge < -0.3 is 4.90 Å². The van der Waals surface area contributed by atoms with Crippen LogP contribution in [0.5, 0.6) is 0 Å². The number of carbonyl (C=O) groups is 1. The largest absolute Gasteiger partial charge is 0.334 e. The zero-order valence-corrected chi connectivity index (χ0v) is 15.6. The minimum Gasteiger partial charge on any atom is -0.334 e. The second-order valence-corrected chi connectivity index (χ2v) is 8.01. The maximum absolute atomic E-state index is 12.9. The number of hydrogen-bond acceptors (Lipinski definition) is 3. The Morgan fingerprint density at radius 2 is 2.04 bits per heavy atom. The highest BCUT2D eigenvalue weighted by Crippen LogP contribution is 2.23. The molecule has 0 radical (unpaired) electrons. The van der Waals surface area contributed by atoms with Crippen LogP contribution in [0.3, 0.4) is 0 Å². The van der Waals surface area contributed by atoms with Gasteiger partial charge in [0.2, 0.25) is 0 Å². The molecule has 0 N–H and O–H groups in total. The normalized spacial score (nSPS) is 14.9. The Bertz CT molecular complexity index is 694. The van der Waals surface area contributed by atoms with Crippen LogP contribution in [0, 0.1) is 0 Å². The van der Waals surface area contributed by atoms with E-state index in [-0.39, 0.29) is 5.91 Å². The second-order valence-electron chi connectivity index (χ2n) is 6.21. The number of hydrogen-bond donors (Lipinski definition) is 0. The van der Waals surface area contributed by atoms with Crippen LogP contribution in [0.15, 0.2) is 36.4 Å². The molecule has 2 heterocycles. The average Bonchev–Trinajstić information content (AvgIpc) is 3.24. The van der Waals surface area contributed by atoms with E-state index >= 15 is 0 Å². The summed E-state index contributed by atoms with van der Waals surface area (Å²) in [6.07, 6.45) is 2.57. The van der Waals surface area contributed by atoms with Gasteiger partial charge in [0.05, 0.1) is 10.9 Å². The molecule has 0 spiro atoms. The molecule has 5 heteroatoms. The summed E-state index contributed by atoms with van der Waals surface area (Å²) in [4.78, 5) is 18.3. The van der Waals surface area contributed by atoms with Crippen molar-refractivity contribution in [3.8, 4) is 0 Å². The third kappa shape index (κ3) is 4.38. The predicted molar refractivity (Wildman–Crippen MR) is 101 cm³/mol. The van der Waals surface area contributed by atoms with E-state index in [2.05, 4.69) is 11.0 Å². The van der Waals surface area contributed by atoms with E-state index in [1.807, 2.05) is 42.2 Å². The lowest BCUT2D eigenvalue weighted by molar-refractivity contribution is 0.0754. The van der Waals surface area contributed by atoms with Crippen molar-refractivity contribution >= 4 is 28.8 Å². The maximum atomic E-state index is 12.9. The van der Waals surface area contributed by atoms with Gasteiger partial charge in [0.15, 0.2) is 0 Å². The van der Waals surface area contributed by atoms with Gasteiger partial charge >= 0.3 is 0 Å². The van der Waals surface area contributed by atoms with Gasteiger partial charge in [-0.2, -0.15) is 0 Å². The Morgan fingerprint density at radius 1 is 1.25 bits per heavy atom. The lowest BCUT2D eigenvalue weighted by atomic mass is 10.1. The van der Waals surface area contributed by atoms with E-state index in [4.69, 9.17) is 11.6 Å². The molecular formula is C19H23ClN2OS. The molecule has 0 saturated carbocycles. The number of thiophene rings is 1. The van der Waals surface area contributed by atoms with Crippen molar-refractivity contribution in [1.29, 1.82) is 0 Å². The highest BCUT2D eigenvalue weighted by Gasteiger charge is 2.17. The van der Waals surface area contributed by atoms with Crippen molar-refractivity contribution < 1.29 is 4.79 Å². The molecule has 1 aliphatic heterocycles. The zero-order chi connectivity index (χ0) is 16.9. The second kappa shape index (κ2) is 8.15. The molecule has 3 rings (SSSR count). The molecule has 0 atom stereocenters. The fourth-order valence-electron chi connectivity index (χ4n) is 3.14. The third-order valence-electron chi connectivity index (χ3n) is 4.42. The molecule has 2 aromatic rings. The number of halogens is 1. The van der Waals surface area contributed by atoms with Crippen LogP contribution in [0.4, 0.5) is 0 Å². The first kappa shape index (κ1) is 17.5. The Morgan fingerprint density at radius 3 is 2.71 bits per heavy atom. The first-order valence-corrected chi connectivity index (χ1v) is 9.70. The fourth-order valence-corrected chi connectivity index (χ4v) is 4.24. The van der Waals surface area contributed by atoms with Gasteiger partial charge in [-0.15, -0.1) is 11.3 Å². The SMILES string of the molecule is CCN(Cc1ccc(Cl)s1)C(=O)c1cccc(CN2CCCC2)c1. The Labute approximate surface area is 152 Å². The summed E-state index contributed by atoms with van der Waals surface area (Å²) in [5.74, 6) is 0.0882. The summed E-state index contributed by atoms with van der Waals surface area (Å²) < 4.78 is 0.765. The van der Waals surface area contributed by atoms with Crippen molar-refractivity contribution in [2.24, 2.45) is 0 Å². The first-order valence-electron chi connectivity index (χ1n) is 8.50. The molecule has 1 aromatic heterocycles. The van der Waals surface area contributed by atoms with Crippen molar-refractivity contribution in [3.05, 3.63) is 56.7 Å². The number of nitrogens with zero attached hydrogens (tertiary/aromatic N) is 2. The first-order chi connectivity index (χ1) is 11.7. The smallest absolute Gasteiger partial charge is 0.254 e. The molecule has 0 aliphatic carbocycles. The van der Waals surface area contributed by atoms with Gasteiger partial charge in [0, 0.05) is 23.5 Å². The summed E-state index contributed by atoms with van der Waals surface area (Å²) in [7, 11) is 0. The lowest BCUT2D eigenvalue weighted by Gasteiger charge is -2.21. The van der Waals surface area contributed by atoms with Crippen LogP contribution in [0.1, 0.15) is 40.6 Å². The molecule has 24 heavy (non-hydrogen) atoms. The van der Waals surface area contributed by atoms with Crippen molar-refractivity contribution in [1.82, 2.24) is 9.80 Å². The van der Waals surface area contributed by atoms with Gasteiger partial charge in [0.1, 0.15) is 0 Å². The van der Waals surface area contributed by atoms with Crippen LogP contribution in [-0.4, -0.2) is 35.3 Å². The number of carbonyl (C=O) groups excluding carboxylic acids is 1. The zero-order valence-electron chi connectivity index (χ0n) is 14.0. The van der Waals surface area contributed by atoms with Gasteiger partial charge in [-0.25, -0.2) is 0 Å². The molecule has 128 valence electrons. The van der Waals surface area contributed by atoms with Gasteiger partial charge in [0.25, 0.3) is 5.91 Å². The molecule has 3 nitrogen and oxygen atoms in total. The van der Waals surface area contributed by atoms with E-state index in [9.17, 15) is 4.79 Å². The van der Waals surface area contributed by atoms with Crippen LogP contribution < -0.4 is 0 Å². The Balaban J connectivity index is 1.70. The number of amides is 1. The van der Waals surface area contributed by atoms with Crippen molar-refractivity contribution in [2.45, 2.75) is 32.9 Å². The predicted octanol–water partition coefficient (Wildman–Crippen LogP) is 4.66. The van der Waals surface area contributed by atoms with Crippen LogP contribution in [-0.2, 0) is 13.1 Å². The number of benzene rings is 1. The number of likely N-dealkylation sites (tertiary alicyclic amines) is 1. The fraction of sp³-hybridized carbons (Fsp3) is 0.421. The highest BCUT2D eigenvalue weighted by atomic mass is 35.5. The van der Waals surface area contributed by atoms with Crippen molar-refractivity contribution in [3.63, 3.8) is 0 Å². The Hall–Kier alpha value is -1.36. The molecule has 0 bridgehead atoms. The molecule has 0 unspecified atom stereocenters. The summed E-state index contributed by atoms with van der Waals surface area (Å²) >= 11 is 7.53. The maximum Gasteiger partial charge on any atom is 0.254 e. The molecule has 1 saturated heterocycles. The lowest BCUT2D eigenvalue weighted by Crippen LogP contribution is -2.30.